The molecule has 0 spiro atoms. The summed E-state index contributed by atoms with van der Waals surface area (Å²) in [7, 11) is -4.29. The minimum atomic E-state index is -4.29. The molecule has 1 aliphatic rings. The highest BCUT2D eigenvalue weighted by atomic mass is 32.2. The first kappa shape index (κ1) is 17.8. The van der Waals surface area contributed by atoms with Gasteiger partial charge < -0.3 is 9.84 Å². The van der Waals surface area contributed by atoms with E-state index in [1.807, 2.05) is 0 Å². The third kappa shape index (κ3) is 2.96. The fourth-order valence-electron chi connectivity index (χ4n) is 2.56. The molecule has 0 aromatic heterocycles. The molecular weight excluding hydrogens is 332 g/mol. The number of ether oxygens (including phenoxy) is 1. The van der Waals surface area contributed by atoms with Crippen molar-refractivity contribution < 1.29 is 31.8 Å². The first-order chi connectivity index (χ1) is 10.6. The van der Waals surface area contributed by atoms with E-state index in [-0.39, 0.29) is 29.2 Å². The molecule has 2 rings (SSSR count). The molecule has 128 valence electrons. The van der Waals surface area contributed by atoms with Crippen LogP contribution in [-0.2, 0) is 14.8 Å². The lowest BCUT2D eigenvalue weighted by atomic mass is 10.0. The van der Waals surface area contributed by atoms with Crippen LogP contribution in [0.5, 0.6) is 0 Å². The predicted molar refractivity (Wildman–Crippen MR) is 77.3 cm³/mol. The number of rotatable bonds is 4. The highest BCUT2D eigenvalue weighted by Gasteiger charge is 2.49. The number of morpholine rings is 1. The number of nitrogens with zero attached hydrogens (tertiary/aromatic N) is 1. The van der Waals surface area contributed by atoms with Gasteiger partial charge in [-0.3, -0.25) is 0 Å². The van der Waals surface area contributed by atoms with Crippen LogP contribution >= 0.6 is 0 Å². The van der Waals surface area contributed by atoms with E-state index in [9.17, 15) is 22.0 Å². The number of hydrogen-bond acceptors (Lipinski definition) is 4. The maximum atomic E-state index is 13.4. The van der Waals surface area contributed by atoms with Crippen LogP contribution in [0.15, 0.2) is 23.1 Å². The summed E-state index contributed by atoms with van der Waals surface area (Å²) in [6, 6.07) is 3.77. The van der Waals surface area contributed by atoms with Crippen molar-refractivity contribution in [2.45, 2.75) is 30.7 Å². The molecule has 1 aliphatic heterocycles. The Morgan fingerprint density at radius 3 is 2.65 bits per heavy atom. The first-order valence-electron chi connectivity index (χ1n) is 6.84. The number of aromatic carboxylic acids is 1. The Hall–Kier alpha value is -1.58. The monoisotopic (exact) mass is 349 g/mol. The van der Waals surface area contributed by atoms with Crippen molar-refractivity contribution in [1.29, 1.82) is 0 Å². The molecule has 1 N–H and O–H groups in total. The summed E-state index contributed by atoms with van der Waals surface area (Å²) in [5.41, 5.74) is -2.16. The number of alkyl halides is 2. The molecule has 1 fully saturated rings. The van der Waals surface area contributed by atoms with Gasteiger partial charge in [0.25, 0.3) is 6.43 Å². The van der Waals surface area contributed by atoms with Crippen molar-refractivity contribution in [1.82, 2.24) is 4.31 Å². The molecule has 1 aromatic rings. The summed E-state index contributed by atoms with van der Waals surface area (Å²) < 4.78 is 58.3. The topological polar surface area (TPSA) is 83.9 Å². The van der Waals surface area contributed by atoms with Gasteiger partial charge in [-0.1, -0.05) is 6.07 Å². The zero-order chi connectivity index (χ0) is 17.4. The number of carboxylic acid groups (broad SMARTS) is 1. The van der Waals surface area contributed by atoms with E-state index < -0.39 is 34.6 Å². The number of halogens is 2. The molecule has 9 heteroatoms. The van der Waals surface area contributed by atoms with E-state index in [0.717, 1.165) is 6.92 Å². The van der Waals surface area contributed by atoms with Crippen molar-refractivity contribution in [3.8, 4) is 0 Å². The van der Waals surface area contributed by atoms with Gasteiger partial charge in [0.05, 0.1) is 23.7 Å². The Balaban J connectivity index is 2.58. The molecule has 6 nitrogen and oxygen atoms in total. The average molecular weight is 349 g/mol. The number of carboxylic acids is 1. The number of carbonyl (C=O) groups is 1. The van der Waals surface area contributed by atoms with Crippen molar-refractivity contribution in [3.63, 3.8) is 0 Å². The van der Waals surface area contributed by atoms with Crippen LogP contribution in [0.2, 0.25) is 0 Å². The van der Waals surface area contributed by atoms with Gasteiger partial charge >= 0.3 is 5.97 Å². The Labute approximate surface area is 132 Å². The maximum absolute atomic E-state index is 13.4. The van der Waals surface area contributed by atoms with Crippen LogP contribution in [0.25, 0.3) is 0 Å². The quantitative estimate of drug-likeness (QED) is 0.895. The average Bonchev–Trinajstić information content (AvgIpc) is 2.47. The lowest BCUT2D eigenvalue weighted by molar-refractivity contribution is -0.0941. The van der Waals surface area contributed by atoms with Gasteiger partial charge in [-0.15, -0.1) is 0 Å². The summed E-state index contributed by atoms with van der Waals surface area (Å²) in [5.74, 6) is -1.28. The molecule has 0 saturated carbocycles. The van der Waals surface area contributed by atoms with Crippen molar-refractivity contribution in [3.05, 3.63) is 29.3 Å². The van der Waals surface area contributed by atoms with Crippen molar-refractivity contribution >= 4 is 16.0 Å². The summed E-state index contributed by atoms with van der Waals surface area (Å²) in [6.45, 7) is 1.81. The lowest BCUT2D eigenvalue weighted by Gasteiger charge is -2.42. The highest BCUT2D eigenvalue weighted by molar-refractivity contribution is 7.89. The fraction of sp³-hybridized carbons (Fsp3) is 0.500. The molecule has 1 aromatic carbocycles. The van der Waals surface area contributed by atoms with Crippen LogP contribution < -0.4 is 0 Å². The third-order valence-electron chi connectivity index (χ3n) is 3.96. The van der Waals surface area contributed by atoms with Crippen molar-refractivity contribution in [2.75, 3.05) is 19.8 Å². The van der Waals surface area contributed by atoms with Crippen LogP contribution in [-0.4, -0.2) is 55.5 Å². The van der Waals surface area contributed by atoms with E-state index in [0.29, 0.717) is 4.31 Å². The van der Waals surface area contributed by atoms with E-state index >= 15 is 0 Å². The van der Waals surface area contributed by atoms with Crippen molar-refractivity contribution in [2.24, 2.45) is 0 Å². The first-order valence-corrected chi connectivity index (χ1v) is 8.28. The zero-order valence-corrected chi connectivity index (χ0v) is 13.4. The SMILES string of the molecule is Cc1c(C(=O)O)cccc1S(=O)(=O)N1CCOCC1(C)C(F)F. The summed E-state index contributed by atoms with van der Waals surface area (Å²) in [6.07, 6.45) is -2.94. The maximum Gasteiger partial charge on any atom is 0.335 e. The minimum Gasteiger partial charge on any atom is -0.478 e. The normalized spacial score (nSPS) is 23.2. The molecule has 23 heavy (non-hydrogen) atoms. The molecule has 1 heterocycles. The number of hydrogen-bond donors (Lipinski definition) is 1. The van der Waals surface area contributed by atoms with Gasteiger partial charge in [0, 0.05) is 6.54 Å². The van der Waals surface area contributed by atoms with Crippen LogP contribution in [0.1, 0.15) is 22.8 Å². The standard InChI is InChI=1S/C14H17F2NO5S/c1-9-10(12(18)19)4-3-5-11(9)23(20,21)17-6-7-22-8-14(17,2)13(15)16/h3-5,13H,6-8H2,1-2H3,(H,18,19). The van der Waals surface area contributed by atoms with Crippen LogP contribution in [0.3, 0.4) is 0 Å². The van der Waals surface area contributed by atoms with Gasteiger partial charge in [-0.2, -0.15) is 4.31 Å². The van der Waals surface area contributed by atoms with Gasteiger partial charge in [-0.05, 0) is 31.5 Å². The second-order valence-corrected chi connectivity index (χ2v) is 7.35. The second kappa shape index (κ2) is 6.14. The van der Waals surface area contributed by atoms with Crippen LogP contribution in [0.4, 0.5) is 8.78 Å². The van der Waals surface area contributed by atoms with Crippen LogP contribution in [0, 0.1) is 6.92 Å². The molecular formula is C14H17F2NO5S. The lowest BCUT2D eigenvalue weighted by Crippen LogP contribution is -2.61. The predicted octanol–water partition coefficient (Wildman–Crippen LogP) is 1.74. The van der Waals surface area contributed by atoms with E-state index in [1.54, 1.807) is 0 Å². The summed E-state index contributed by atoms with van der Waals surface area (Å²) in [4.78, 5) is 10.9. The van der Waals surface area contributed by atoms with E-state index in [2.05, 4.69) is 0 Å². The van der Waals surface area contributed by atoms with Gasteiger partial charge in [0.1, 0.15) is 5.54 Å². The Morgan fingerprint density at radius 2 is 2.09 bits per heavy atom. The van der Waals surface area contributed by atoms with E-state index in [1.165, 1.54) is 25.1 Å². The Morgan fingerprint density at radius 1 is 1.43 bits per heavy atom. The second-order valence-electron chi connectivity index (χ2n) is 5.52. The molecule has 0 amide bonds. The molecule has 0 radical (unpaired) electrons. The number of benzene rings is 1. The zero-order valence-electron chi connectivity index (χ0n) is 12.6. The van der Waals surface area contributed by atoms with Gasteiger partial charge in [0.2, 0.25) is 10.0 Å². The summed E-state index contributed by atoms with van der Waals surface area (Å²) >= 11 is 0. The Bertz CT molecular complexity index is 722. The Kier molecular flexibility index (Phi) is 4.74. The molecule has 1 atom stereocenters. The molecule has 1 saturated heterocycles. The summed E-state index contributed by atoms with van der Waals surface area (Å²) in [5, 5.41) is 9.11. The number of sulfonamides is 1. The van der Waals surface area contributed by atoms with Gasteiger partial charge in [0.15, 0.2) is 0 Å². The van der Waals surface area contributed by atoms with E-state index in [4.69, 9.17) is 9.84 Å². The highest BCUT2D eigenvalue weighted by Crippen LogP contribution is 2.34. The fourth-order valence-corrected chi connectivity index (χ4v) is 4.55. The largest absolute Gasteiger partial charge is 0.478 e. The smallest absolute Gasteiger partial charge is 0.335 e. The molecule has 0 aliphatic carbocycles. The molecule has 0 bridgehead atoms. The minimum absolute atomic E-state index is 0.000785. The van der Waals surface area contributed by atoms with Gasteiger partial charge in [-0.25, -0.2) is 22.0 Å². The third-order valence-corrected chi connectivity index (χ3v) is 6.13. The molecule has 1 unspecified atom stereocenters.